The second-order valence-corrected chi connectivity index (χ2v) is 7.48. The lowest BCUT2D eigenvalue weighted by Gasteiger charge is -2.29. The minimum Gasteiger partial charge on any atom is -0.508 e. The van der Waals surface area contributed by atoms with Crippen LogP contribution in [0.2, 0.25) is 0 Å². The zero-order valence-corrected chi connectivity index (χ0v) is 15.5. The third-order valence-electron chi connectivity index (χ3n) is 4.23. The highest BCUT2D eigenvalue weighted by Gasteiger charge is 2.30. The number of carbonyl (C=O) groups is 2. The summed E-state index contributed by atoms with van der Waals surface area (Å²) < 4.78 is 5.67. The van der Waals surface area contributed by atoms with Crippen molar-refractivity contribution in [2.75, 3.05) is 26.2 Å². The van der Waals surface area contributed by atoms with Crippen LogP contribution in [-0.4, -0.2) is 59.0 Å². The van der Waals surface area contributed by atoms with E-state index in [1.54, 1.807) is 24.0 Å². The van der Waals surface area contributed by atoms with Crippen LogP contribution in [0.1, 0.15) is 34.1 Å². The molecular weight excluding hydrogens is 320 g/mol. The van der Waals surface area contributed by atoms with Gasteiger partial charge in [0.2, 0.25) is 5.91 Å². The highest BCUT2D eigenvalue weighted by Crippen LogP contribution is 2.20. The molecule has 0 aliphatic carbocycles. The maximum Gasteiger partial charge on any atom is 0.263 e. The zero-order chi connectivity index (χ0) is 18.6. The van der Waals surface area contributed by atoms with E-state index in [1.807, 2.05) is 25.7 Å². The Hall–Kier alpha value is -2.24. The van der Waals surface area contributed by atoms with E-state index < -0.39 is 11.5 Å². The number of phenolic OH excluding ortho intramolecular Hbond substituents is 1. The first kappa shape index (κ1) is 19.1. The number of hydrogen-bond donors (Lipinski definition) is 1. The van der Waals surface area contributed by atoms with Crippen molar-refractivity contribution < 1.29 is 19.4 Å². The Kier molecular flexibility index (Phi) is 5.93. The summed E-state index contributed by atoms with van der Waals surface area (Å²) >= 11 is 0. The van der Waals surface area contributed by atoms with Crippen LogP contribution in [0.25, 0.3) is 0 Å². The maximum absolute atomic E-state index is 12.6. The van der Waals surface area contributed by atoms with Gasteiger partial charge in [-0.2, -0.15) is 0 Å². The van der Waals surface area contributed by atoms with Crippen LogP contribution < -0.4 is 4.74 Å². The fourth-order valence-electron chi connectivity index (χ4n) is 2.85. The molecule has 1 heterocycles. The smallest absolute Gasteiger partial charge is 0.263 e. The summed E-state index contributed by atoms with van der Waals surface area (Å²) in [6.45, 7) is 9.82. The van der Waals surface area contributed by atoms with Gasteiger partial charge in [-0.3, -0.25) is 9.59 Å². The highest BCUT2D eigenvalue weighted by atomic mass is 16.5. The number of carbonyl (C=O) groups excluding carboxylic acids is 2. The van der Waals surface area contributed by atoms with Gasteiger partial charge in [0.1, 0.15) is 11.5 Å². The van der Waals surface area contributed by atoms with Gasteiger partial charge < -0.3 is 19.6 Å². The molecule has 0 bridgehead atoms. The lowest BCUT2D eigenvalue weighted by molar-refractivity contribution is -0.141. The van der Waals surface area contributed by atoms with E-state index in [2.05, 4.69) is 0 Å². The summed E-state index contributed by atoms with van der Waals surface area (Å²) in [5, 5.41) is 9.30. The second-order valence-electron chi connectivity index (χ2n) is 7.48. The van der Waals surface area contributed by atoms with Crippen LogP contribution in [-0.2, 0) is 9.59 Å². The monoisotopic (exact) mass is 348 g/mol. The minimum absolute atomic E-state index is 0.0851. The average molecular weight is 348 g/mol. The Morgan fingerprint density at radius 3 is 2.20 bits per heavy atom. The van der Waals surface area contributed by atoms with Crippen molar-refractivity contribution in [3.8, 4) is 11.5 Å². The molecule has 1 aliphatic heterocycles. The number of aromatic hydroxyl groups is 1. The SMILES string of the molecule is CC(Oc1ccc(O)cc1)C(=O)N1CCCN(C(=O)C(C)(C)C)CC1. The molecule has 1 aromatic rings. The maximum atomic E-state index is 12.6. The predicted octanol–water partition coefficient (Wildman–Crippen LogP) is 2.27. The van der Waals surface area contributed by atoms with E-state index in [0.29, 0.717) is 31.9 Å². The van der Waals surface area contributed by atoms with E-state index in [0.717, 1.165) is 6.42 Å². The third kappa shape index (κ3) is 5.11. The Bertz CT molecular complexity index is 607. The molecule has 1 fully saturated rings. The van der Waals surface area contributed by atoms with Crippen LogP contribution in [0, 0.1) is 5.41 Å². The summed E-state index contributed by atoms with van der Waals surface area (Å²) in [4.78, 5) is 28.7. The van der Waals surface area contributed by atoms with E-state index in [4.69, 9.17) is 4.74 Å². The van der Waals surface area contributed by atoms with Gasteiger partial charge in [-0.1, -0.05) is 20.8 Å². The van der Waals surface area contributed by atoms with E-state index in [-0.39, 0.29) is 17.6 Å². The molecule has 0 saturated carbocycles. The molecule has 0 aromatic heterocycles. The summed E-state index contributed by atoms with van der Waals surface area (Å²) in [7, 11) is 0. The summed E-state index contributed by atoms with van der Waals surface area (Å²) in [6.07, 6.45) is 0.147. The van der Waals surface area contributed by atoms with Crippen LogP contribution in [0.3, 0.4) is 0 Å². The second kappa shape index (κ2) is 7.76. The van der Waals surface area contributed by atoms with E-state index >= 15 is 0 Å². The van der Waals surface area contributed by atoms with Crippen molar-refractivity contribution in [3.63, 3.8) is 0 Å². The Balaban J connectivity index is 1.93. The fraction of sp³-hybridized carbons (Fsp3) is 0.579. The number of hydrogen-bond acceptors (Lipinski definition) is 4. The molecule has 25 heavy (non-hydrogen) atoms. The minimum atomic E-state index is -0.616. The summed E-state index contributed by atoms with van der Waals surface area (Å²) in [5.41, 5.74) is -0.408. The van der Waals surface area contributed by atoms with Crippen molar-refractivity contribution in [2.24, 2.45) is 5.41 Å². The third-order valence-corrected chi connectivity index (χ3v) is 4.23. The summed E-state index contributed by atoms with van der Waals surface area (Å²) in [5.74, 6) is 0.730. The number of amides is 2. The largest absolute Gasteiger partial charge is 0.508 e. The molecule has 0 radical (unpaired) electrons. The predicted molar refractivity (Wildman–Crippen MR) is 95.4 cm³/mol. The fourth-order valence-corrected chi connectivity index (χ4v) is 2.85. The highest BCUT2D eigenvalue weighted by molar-refractivity contribution is 5.82. The number of nitrogens with zero attached hydrogens (tertiary/aromatic N) is 2. The average Bonchev–Trinajstić information content (AvgIpc) is 2.80. The summed E-state index contributed by atoms with van der Waals surface area (Å²) in [6, 6.07) is 6.31. The van der Waals surface area contributed by atoms with Gasteiger partial charge in [0.05, 0.1) is 0 Å². The molecule has 1 N–H and O–H groups in total. The number of benzene rings is 1. The number of rotatable bonds is 3. The van der Waals surface area contributed by atoms with Gasteiger partial charge in [-0.15, -0.1) is 0 Å². The standard InChI is InChI=1S/C19H28N2O4/c1-14(25-16-8-6-15(22)7-9-16)17(23)20-10-5-11-21(13-12-20)18(24)19(2,3)4/h6-9,14,22H,5,10-13H2,1-4H3. The van der Waals surface area contributed by atoms with Gasteiger partial charge in [0.15, 0.2) is 6.10 Å². The molecule has 2 rings (SSSR count). The van der Waals surface area contributed by atoms with Crippen molar-refractivity contribution in [1.29, 1.82) is 0 Å². The van der Waals surface area contributed by atoms with Crippen LogP contribution >= 0.6 is 0 Å². The molecule has 6 nitrogen and oxygen atoms in total. The van der Waals surface area contributed by atoms with Gasteiger partial charge in [-0.05, 0) is 37.6 Å². The van der Waals surface area contributed by atoms with Crippen LogP contribution in [0.15, 0.2) is 24.3 Å². The lowest BCUT2D eigenvalue weighted by atomic mass is 9.94. The van der Waals surface area contributed by atoms with Gasteiger partial charge in [0, 0.05) is 31.6 Å². The number of ether oxygens (including phenoxy) is 1. The first-order valence-electron chi connectivity index (χ1n) is 8.72. The molecule has 1 aromatic carbocycles. The van der Waals surface area contributed by atoms with Gasteiger partial charge in [-0.25, -0.2) is 0 Å². The molecule has 1 aliphatic rings. The normalized spacial score (nSPS) is 17.0. The van der Waals surface area contributed by atoms with Crippen molar-refractivity contribution in [2.45, 2.75) is 40.2 Å². The van der Waals surface area contributed by atoms with Crippen LogP contribution in [0.4, 0.5) is 0 Å². The molecular formula is C19H28N2O4. The Morgan fingerprint density at radius 1 is 1.04 bits per heavy atom. The van der Waals surface area contributed by atoms with Gasteiger partial charge >= 0.3 is 0 Å². The van der Waals surface area contributed by atoms with Gasteiger partial charge in [0.25, 0.3) is 5.91 Å². The Morgan fingerprint density at radius 2 is 1.60 bits per heavy atom. The molecule has 6 heteroatoms. The van der Waals surface area contributed by atoms with E-state index in [9.17, 15) is 14.7 Å². The number of phenols is 1. The molecule has 1 unspecified atom stereocenters. The first-order chi connectivity index (χ1) is 11.7. The molecule has 2 amide bonds. The quantitative estimate of drug-likeness (QED) is 0.910. The molecule has 1 saturated heterocycles. The zero-order valence-electron chi connectivity index (χ0n) is 15.5. The van der Waals surface area contributed by atoms with Crippen LogP contribution in [0.5, 0.6) is 11.5 Å². The Labute approximate surface area is 149 Å². The van der Waals surface area contributed by atoms with E-state index in [1.165, 1.54) is 12.1 Å². The molecule has 138 valence electrons. The molecule has 1 atom stereocenters. The molecule has 0 spiro atoms. The lowest BCUT2D eigenvalue weighted by Crippen LogP contribution is -2.44. The first-order valence-corrected chi connectivity index (χ1v) is 8.72. The topological polar surface area (TPSA) is 70.1 Å². The van der Waals surface area contributed by atoms with Crippen molar-refractivity contribution in [1.82, 2.24) is 9.80 Å². The van der Waals surface area contributed by atoms with Crippen molar-refractivity contribution in [3.05, 3.63) is 24.3 Å². The van der Waals surface area contributed by atoms with Crippen molar-refractivity contribution >= 4 is 11.8 Å².